The van der Waals surface area contributed by atoms with Gasteiger partial charge in [0.1, 0.15) is 6.54 Å². The predicted molar refractivity (Wildman–Crippen MR) is 98.8 cm³/mol. The van der Waals surface area contributed by atoms with E-state index in [2.05, 4.69) is 0 Å². The normalized spacial score (nSPS) is 15.1. The van der Waals surface area contributed by atoms with Gasteiger partial charge in [0, 0.05) is 0 Å². The van der Waals surface area contributed by atoms with Crippen LogP contribution in [0, 0.1) is 6.92 Å². The van der Waals surface area contributed by atoms with Crippen molar-refractivity contribution in [1.29, 1.82) is 0 Å². The third-order valence-corrected chi connectivity index (χ3v) is 5.19. The van der Waals surface area contributed by atoms with Crippen LogP contribution in [0.25, 0.3) is 0 Å². The summed E-state index contributed by atoms with van der Waals surface area (Å²) in [5.74, 6) is -0.374. The number of sulfonamides is 1. The molecule has 1 aliphatic heterocycles. The zero-order valence-electron chi connectivity index (χ0n) is 14.6. The molecule has 0 amide bonds. The molecule has 0 spiro atoms. The Morgan fingerprint density at radius 3 is 2.52 bits per heavy atom. The summed E-state index contributed by atoms with van der Waals surface area (Å²) in [5, 5.41) is 5.06. The Hall–Kier alpha value is -2.75. The number of primary sulfonamides is 1. The topological polar surface area (TPSA) is 133 Å². The van der Waals surface area contributed by atoms with Crippen molar-refractivity contribution in [1.82, 2.24) is 0 Å². The van der Waals surface area contributed by atoms with Gasteiger partial charge < -0.3 is 15.4 Å². The Labute approximate surface area is 156 Å². The Morgan fingerprint density at radius 2 is 1.89 bits per heavy atom. The minimum atomic E-state index is -3.82. The van der Waals surface area contributed by atoms with Crippen molar-refractivity contribution in [2.45, 2.75) is 17.9 Å². The minimum absolute atomic E-state index is 0.0563. The van der Waals surface area contributed by atoms with Crippen molar-refractivity contribution in [3.05, 3.63) is 53.6 Å². The molecule has 27 heavy (non-hydrogen) atoms. The van der Waals surface area contributed by atoms with Gasteiger partial charge in [0.2, 0.25) is 10.0 Å². The summed E-state index contributed by atoms with van der Waals surface area (Å²) < 4.78 is 27.8. The van der Waals surface area contributed by atoms with Crippen LogP contribution in [0.4, 0.5) is 5.69 Å². The summed E-state index contributed by atoms with van der Waals surface area (Å²) in [4.78, 5) is 26.0. The number of Topliss-reactive ketones (excluding diaryl/α,β-unsaturated/α-hetero) is 1. The summed E-state index contributed by atoms with van der Waals surface area (Å²) >= 11 is 0. The van der Waals surface area contributed by atoms with Crippen LogP contribution in [0.1, 0.15) is 17.2 Å². The van der Waals surface area contributed by atoms with E-state index in [4.69, 9.17) is 15.6 Å². The van der Waals surface area contributed by atoms with Crippen molar-refractivity contribution < 1.29 is 22.7 Å². The summed E-state index contributed by atoms with van der Waals surface area (Å²) in [6, 6.07) is 9.87. The van der Waals surface area contributed by atoms with Crippen LogP contribution in [0.2, 0.25) is 0 Å². The fourth-order valence-corrected chi connectivity index (χ4v) is 3.35. The monoisotopic (exact) mass is 389 g/mol. The molecule has 142 valence electrons. The van der Waals surface area contributed by atoms with Crippen LogP contribution in [-0.2, 0) is 19.6 Å². The predicted octanol–water partition coefficient (Wildman–Crippen LogP) is 0.637. The van der Waals surface area contributed by atoms with Crippen molar-refractivity contribution in [3.63, 3.8) is 0 Å². The van der Waals surface area contributed by atoms with E-state index in [-0.39, 0.29) is 23.8 Å². The van der Waals surface area contributed by atoms with Crippen LogP contribution >= 0.6 is 0 Å². The molecule has 1 atom stereocenters. The third kappa shape index (κ3) is 4.16. The lowest BCUT2D eigenvalue weighted by atomic mass is 10.0. The van der Waals surface area contributed by atoms with E-state index in [9.17, 15) is 18.0 Å². The van der Waals surface area contributed by atoms with Gasteiger partial charge in [-0.1, -0.05) is 18.2 Å². The molecule has 0 aliphatic carbocycles. The van der Waals surface area contributed by atoms with Crippen LogP contribution in [0.15, 0.2) is 47.4 Å². The third-order valence-electron chi connectivity index (χ3n) is 4.26. The van der Waals surface area contributed by atoms with E-state index in [0.717, 1.165) is 5.56 Å². The van der Waals surface area contributed by atoms with E-state index < -0.39 is 22.0 Å². The van der Waals surface area contributed by atoms with E-state index in [1.165, 1.54) is 24.3 Å². The maximum absolute atomic E-state index is 12.6. The first-order valence-electron chi connectivity index (χ1n) is 8.12. The second-order valence-corrected chi connectivity index (χ2v) is 7.92. The van der Waals surface area contributed by atoms with E-state index >= 15 is 0 Å². The molecule has 0 bridgehead atoms. The second-order valence-electron chi connectivity index (χ2n) is 6.36. The molecule has 0 radical (unpaired) electrons. The molecule has 0 saturated heterocycles. The molecule has 0 aromatic heterocycles. The highest BCUT2D eigenvalue weighted by Gasteiger charge is 2.28. The quantitative estimate of drug-likeness (QED) is 0.566. The number of carbonyl (C=O) groups excluding carboxylic acids is 2. The Balaban J connectivity index is 1.79. The average molecular weight is 389 g/mol. The number of ketones is 1. The maximum atomic E-state index is 12.6. The minimum Gasteiger partial charge on any atom is -0.423 e. The largest absolute Gasteiger partial charge is 0.423 e. The molecule has 2 aromatic rings. The van der Waals surface area contributed by atoms with Crippen LogP contribution in [0.3, 0.4) is 0 Å². The SMILES string of the molecule is Cc1ccc2c(c1)N(CC(=O)C(N)c1ccc(S(N)(=O)=O)cc1)CC(=O)O2. The molecule has 9 heteroatoms. The number of ether oxygens (including phenoxy) is 1. The number of anilines is 1. The molecule has 2 aromatic carbocycles. The average Bonchev–Trinajstić information content (AvgIpc) is 2.61. The van der Waals surface area contributed by atoms with Crippen molar-refractivity contribution in [2.75, 3.05) is 18.0 Å². The van der Waals surface area contributed by atoms with E-state index in [1.807, 2.05) is 19.1 Å². The molecule has 3 rings (SSSR count). The maximum Gasteiger partial charge on any atom is 0.331 e. The van der Waals surface area contributed by atoms with Crippen LogP contribution in [-0.4, -0.2) is 33.3 Å². The number of fused-ring (bicyclic) bond motifs is 1. The number of rotatable bonds is 5. The number of aryl methyl sites for hydroxylation is 1. The lowest BCUT2D eigenvalue weighted by Gasteiger charge is -2.30. The summed E-state index contributed by atoms with van der Waals surface area (Å²) in [6.45, 7) is 1.76. The first kappa shape index (κ1) is 19.0. The van der Waals surface area contributed by atoms with Gasteiger partial charge in [-0.15, -0.1) is 0 Å². The Morgan fingerprint density at radius 1 is 1.22 bits per heavy atom. The fraction of sp³-hybridized carbons (Fsp3) is 0.222. The Kier molecular flexibility index (Phi) is 5.01. The first-order chi connectivity index (χ1) is 12.6. The summed E-state index contributed by atoms with van der Waals surface area (Å²) in [5.41, 5.74) is 8.10. The van der Waals surface area contributed by atoms with Crippen molar-refractivity contribution in [2.24, 2.45) is 10.9 Å². The summed E-state index contributed by atoms with van der Waals surface area (Å²) in [6.07, 6.45) is 0. The molecular formula is C18H19N3O5S. The van der Waals surface area contributed by atoms with Gasteiger partial charge in [0.25, 0.3) is 0 Å². The van der Waals surface area contributed by atoms with Crippen LogP contribution < -0.4 is 20.5 Å². The molecule has 0 saturated carbocycles. The number of carbonyl (C=O) groups is 2. The molecule has 1 aliphatic rings. The highest BCUT2D eigenvalue weighted by molar-refractivity contribution is 7.89. The van der Waals surface area contributed by atoms with Crippen molar-refractivity contribution in [3.8, 4) is 5.75 Å². The highest BCUT2D eigenvalue weighted by atomic mass is 32.2. The number of nitrogens with zero attached hydrogens (tertiary/aromatic N) is 1. The zero-order valence-corrected chi connectivity index (χ0v) is 15.4. The first-order valence-corrected chi connectivity index (χ1v) is 9.67. The van der Waals surface area contributed by atoms with E-state index in [1.54, 1.807) is 11.0 Å². The molecule has 1 unspecified atom stereocenters. The number of benzene rings is 2. The second kappa shape index (κ2) is 7.10. The van der Waals surface area contributed by atoms with Gasteiger partial charge in [0.05, 0.1) is 23.2 Å². The molecular weight excluding hydrogens is 370 g/mol. The fourth-order valence-electron chi connectivity index (χ4n) is 2.84. The van der Waals surface area contributed by atoms with Crippen molar-refractivity contribution >= 4 is 27.5 Å². The Bertz CT molecular complexity index is 1000. The molecule has 8 nitrogen and oxygen atoms in total. The van der Waals surface area contributed by atoms with Gasteiger partial charge in [0.15, 0.2) is 11.5 Å². The van der Waals surface area contributed by atoms with E-state index in [0.29, 0.717) is 17.0 Å². The number of nitrogens with two attached hydrogens (primary N) is 2. The lowest BCUT2D eigenvalue weighted by molar-refractivity contribution is -0.133. The van der Waals surface area contributed by atoms with Gasteiger partial charge in [-0.25, -0.2) is 18.4 Å². The highest BCUT2D eigenvalue weighted by Crippen LogP contribution is 2.33. The smallest absolute Gasteiger partial charge is 0.331 e. The lowest BCUT2D eigenvalue weighted by Crippen LogP contribution is -2.42. The number of hydrogen-bond acceptors (Lipinski definition) is 7. The van der Waals surface area contributed by atoms with Gasteiger partial charge >= 0.3 is 5.97 Å². The number of esters is 1. The zero-order chi connectivity index (χ0) is 19.8. The molecule has 4 N–H and O–H groups in total. The van der Waals surface area contributed by atoms with Crippen LogP contribution in [0.5, 0.6) is 5.75 Å². The summed E-state index contributed by atoms with van der Waals surface area (Å²) in [7, 11) is -3.82. The molecule has 1 heterocycles. The number of hydrogen-bond donors (Lipinski definition) is 2. The van der Waals surface area contributed by atoms with Gasteiger partial charge in [-0.2, -0.15) is 0 Å². The molecule has 0 fully saturated rings. The standard InChI is InChI=1S/C18H19N3O5S/c1-11-2-7-16-14(8-11)21(10-17(23)26-16)9-15(22)18(19)12-3-5-13(6-4-12)27(20,24)25/h2-8,18H,9-10,19H2,1H3,(H2,20,24,25). The van der Waals surface area contributed by atoms with Gasteiger partial charge in [-0.3, -0.25) is 4.79 Å². The van der Waals surface area contributed by atoms with Gasteiger partial charge in [-0.05, 0) is 42.3 Å².